The SMILES string of the molecule is CC(=O)CCC(=O)N[C@H]1CCC2(CCN(CCC(C)(C)C)CC2)c2ccccc21.CC(C)(C)CCN1CCC2(CC[C@@H](NC(=O)CC3CCCC3=O)c3ccc(F)cc32)CC1.COC(=O)CCCN1CCC2(CC[C@H](NC(C)=O)c3ccccc32)CC1.[HH].[HH].[HH]. The third-order valence-corrected chi connectivity index (χ3v) is 21.0. The third kappa shape index (κ3) is 18.4. The molecule has 0 bridgehead atoms. The molecular weight excluding hydrogens is 1090 g/mol. The van der Waals surface area contributed by atoms with E-state index in [1.54, 1.807) is 19.9 Å². The Hall–Kier alpha value is -5.31. The lowest BCUT2D eigenvalue weighted by atomic mass is 9.63. The largest absolute Gasteiger partial charge is 0.469 e. The van der Waals surface area contributed by atoms with Crippen molar-refractivity contribution in [3.8, 4) is 0 Å². The molecule has 3 saturated heterocycles. The van der Waals surface area contributed by atoms with E-state index in [2.05, 4.69) is 121 Å². The predicted octanol–water partition coefficient (Wildman–Crippen LogP) is 13.8. The van der Waals surface area contributed by atoms with Gasteiger partial charge in [-0.3, -0.25) is 24.0 Å². The minimum absolute atomic E-state index is 0. The zero-order valence-electron chi connectivity index (χ0n) is 54.7. The van der Waals surface area contributed by atoms with Crippen LogP contribution in [0.15, 0.2) is 66.7 Å². The highest BCUT2D eigenvalue weighted by atomic mass is 19.1. The van der Waals surface area contributed by atoms with Crippen molar-refractivity contribution in [2.75, 3.05) is 66.0 Å². The van der Waals surface area contributed by atoms with Crippen molar-refractivity contribution in [2.45, 2.75) is 231 Å². The number of carbonyl (C=O) groups excluding carboxylic acids is 6. The van der Waals surface area contributed by atoms with Gasteiger partial charge in [0.15, 0.2) is 0 Å². The summed E-state index contributed by atoms with van der Waals surface area (Å²) in [5.74, 6) is -0.141. The number of nitrogens with zero attached hydrogens (tertiary/aromatic N) is 3. The number of Topliss-reactive ketones (excluding diaryl/α,β-unsaturated/α-hetero) is 2. The minimum atomic E-state index is -0.193. The van der Waals surface area contributed by atoms with E-state index in [0.717, 1.165) is 134 Å². The molecule has 3 aliphatic heterocycles. The maximum Gasteiger partial charge on any atom is 0.305 e. The number of ketones is 2. The number of hydrogen-bond acceptors (Lipinski definition) is 10. The Morgan fingerprint density at radius 3 is 1.46 bits per heavy atom. The third-order valence-electron chi connectivity index (χ3n) is 21.0. The van der Waals surface area contributed by atoms with E-state index in [1.165, 1.54) is 80.7 Å². The summed E-state index contributed by atoms with van der Waals surface area (Å²) in [6, 6.07) is 22.6. The number of benzene rings is 3. The molecule has 3 aromatic carbocycles. The van der Waals surface area contributed by atoms with Crippen molar-refractivity contribution < 1.29 is 42.2 Å². The molecular formula is C73H113FN6O7. The average Bonchev–Trinajstić information content (AvgIpc) is 0.846. The molecule has 3 aromatic rings. The van der Waals surface area contributed by atoms with Crippen molar-refractivity contribution in [3.63, 3.8) is 0 Å². The Kier molecular flexibility index (Phi) is 23.3. The highest BCUT2D eigenvalue weighted by Crippen LogP contribution is 2.51. The number of methoxy groups -OCH3 is 1. The Morgan fingerprint density at radius 1 is 0.563 bits per heavy atom. The van der Waals surface area contributed by atoms with Gasteiger partial charge >= 0.3 is 5.97 Å². The number of esters is 1. The van der Waals surface area contributed by atoms with Gasteiger partial charge in [-0.25, -0.2) is 4.39 Å². The first-order valence-corrected chi connectivity index (χ1v) is 33.5. The van der Waals surface area contributed by atoms with Crippen LogP contribution in [0.1, 0.15) is 252 Å². The van der Waals surface area contributed by atoms with Crippen LogP contribution in [0.25, 0.3) is 0 Å². The first-order valence-electron chi connectivity index (χ1n) is 33.5. The molecule has 484 valence electrons. The molecule has 10 rings (SSSR count). The molecule has 7 aliphatic rings. The molecule has 4 fully saturated rings. The lowest BCUT2D eigenvalue weighted by Gasteiger charge is -2.47. The number of amides is 3. The summed E-state index contributed by atoms with van der Waals surface area (Å²) in [7, 11) is 1.45. The molecule has 0 aromatic heterocycles. The molecule has 1 saturated carbocycles. The lowest BCUT2D eigenvalue weighted by molar-refractivity contribution is -0.140. The van der Waals surface area contributed by atoms with Gasteiger partial charge in [-0.1, -0.05) is 96.1 Å². The van der Waals surface area contributed by atoms with Crippen molar-refractivity contribution in [3.05, 3.63) is 106 Å². The van der Waals surface area contributed by atoms with Gasteiger partial charge in [0.2, 0.25) is 17.7 Å². The van der Waals surface area contributed by atoms with E-state index in [4.69, 9.17) is 4.74 Å². The normalized spacial score (nSPS) is 23.2. The van der Waals surface area contributed by atoms with Gasteiger partial charge < -0.3 is 40.2 Å². The first kappa shape index (κ1) is 67.6. The van der Waals surface area contributed by atoms with Crippen molar-refractivity contribution >= 4 is 35.3 Å². The summed E-state index contributed by atoms with van der Waals surface area (Å²) in [5, 5.41) is 9.50. The molecule has 3 heterocycles. The van der Waals surface area contributed by atoms with E-state index in [0.29, 0.717) is 42.9 Å². The summed E-state index contributed by atoms with van der Waals surface area (Å²) in [4.78, 5) is 78.6. The maximum absolute atomic E-state index is 14.3. The summed E-state index contributed by atoms with van der Waals surface area (Å²) in [6.45, 7) is 26.8. The first-order chi connectivity index (χ1) is 41.4. The number of carbonyl (C=O) groups is 6. The van der Waals surface area contributed by atoms with Crippen LogP contribution in [0.4, 0.5) is 4.39 Å². The fourth-order valence-corrected chi connectivity index (χ4v) is 15.5. The summed E-state index contributed by atoms with van der Waals surface area (Å²) in [6.07, 6.45) is 20.0. The predicted molar refractivity (Wildman–Crippen MR) is 350 cm³/mol. The molecule has 13 nitrogen and oxygen atoms in total. The van der Waals surface area contributed by atoms with Gasteiger partial charge in [0.25, 0.3) is 0 Å². The van der Waals surface area contributed by atoms with Gasteiger partial charge in [0.05, 0.1) is 25.2 Å². The Morgan fingerprint density at radius 2 is 1.01 bits per heavy atom. The number of piperidine rings is 3. The number of halogens is 1. The molecule has 4 atom stereocenters. The smallest absolute Gasteiger partial charge is 0.305 e. The van der Waals surface area contributed by atoms with Crippen LogP contribution in [-0.4, -0.2) is 116 Å². The van der Waals surface area contributed by atoms with Crippen LogP contribution in [0.3, 0.4) is 0 Å². The van der Waals surface area contributed by atoms with E-state index in [1.807, 2.05) is 6.07 Å². The average molecular weight is 1210 g/mol. The second kappa shape index (κ2) is 30.0. The van der Waals surface area contributed by atoms with E-state index < -0.39 is 0 Å². The van der Waals surface area contributed by atoms with E-state index in [-0.39, 0.29) is 85.6 Å². The van der Waals surface area contributed by atoms with E-state index >= 15 is 0 Å². The maximum atomic E-state index is 14.3. The van der Waals surface area contributed by atoms with Gasteiger partial charge in [-0.2, -0.15) is 0 Å². The summed E-state index contributed by atoms with van der Waals surface area (Å²) < 4.78 is 19.0. The van der Waals surface area contributed by atoms with Crippen LogP contribution in [0, 0.1) is 22.6 Å². The van der Waals surface area contributed by atoms with Gasteiger partial charge in [0.1, 0.15) is 17.4 Å². The second-order valence-electron chi connectivity index (χ2n) is 29.6. The number of hydrogen-bond donors (Lipinski definition) is 3. The highest BCUT2D eigenvalue weighted by Gasteiger charge is 2.45. The number of ether oxygens (including phenoxy) is 1. The van der Waals surface area contributed by atoms with Crippen molar-refractivity contribution in [1.29, 1.82) is 0 Å². The molecule has 3 amide bonds. The minimum Gasteiger partial charge on any atom is -0.469 e. The topological polar surface area (TPSA) is 157 Å². The molecule has 0 radical (unpaired) electrons. The molecule has 3 N–H and O–H groups in total. The summed E-state index contributed by atoms with van der Waals surface area (Å²) >= 11 is 0. The number of nitrogens with one attached hydrogen (secondary N) is 3. The number of likely N-dealkylation sites (tertiary alicyclic amines) is 3. The van der Waals surface area contributed by atoms with Gasteiger partial charge in [0, 0.05) is 49.2 Å². The standard InChI is InChI=1S/C27H39FN2O2.C25H38N2O2.C21H30N2O3.3H2/c1-26(2,3)11-14-30-15-12-27(13-16-30)10-9-23(21-8-7-20(28)18-22(21)27)29-25(32)17-19-5-4-6-24(19)31;1-19(28)9-10-23(29)26-22-11-12-25(21-8-6-5-7-20(21)22)14-17-27(18-15-25)16-13-24(2,3)4;1-16(24)22-19-9-10-21(18-7-4-3-6-17(18)19)11-14-23(15-12-21)13-5-8-20(25)26-2;;;/h7-8,18-19,23H,4-6,9-17H2,1-3H3,(H,29,32);5-8,22H,9-18H2,1-4H3,(H,26,29);3-4,6-7,19H,5,8-15H2,1-2H3,(H,22,24);3*1H/t19?,23-;22-;19-;;;/m100.../s1. The highest BCUT2D eigenvalue weighted by molar-refractivity contribution is 5.88. The molecule has 3 spiro atoms. The summed E-state index contributed by atoms with van der Waals surface area (Å²) in [5.41, 5.74) is 8.88. The van der Waals surface area contributed by atoms with Gasteiger partial charge in [-0.05, 0) is 248 Å². The number of rotatable bonds is 16. The Labute approximate surface area is 525 Å². The Balaban J connectivity index is 0.000000243. The fraction of sp³-hybridized carbons (Fsp3) is 0.671. The van der Waals surface area contributed by atoms with Crippen LogP contribution in [0.2, 0.25) is 0 Å². The number of fused-ring (bicyclic) bond motifs is 6. The molecule has 14 heteroatoms. The van der Waals surface area contributed by atoms with Crippen LogP contribution in [0.5, 0.6) is 0 Å². The van der Waals surface area contributed by atoms with Crippen molar-refractivity contribution in [1.82, 2.24) is 30.7 Å². The van der Waals surface area contributed by atoms with Crippen LogP contribution >= 0.6 is 0 Å². The zero-order chi connectivity index (χ0) is 62.6. The van der Waals surface area contributed by atoms with E-state index in [9.17, 15) is 33.2 Å². The fourth-order valence-electron chi connectivity index (χ4n) is 15.5. The van der Waals surface area contributed by atoms with Crippen molar-refractivity contribution in [2.24, 2.45) is 16.7 Å². The van der Waals surface area contributed by atoms with Crippen LogP contribution < -0.4 is 16.0 Å². The van der Waals surface area contributed by atoms with Crippen LogP contribution in [-0.2, 0) is 49.7 Å². The monoisotopic (exact) mass is 1200 g/mol. The Bertz CT molecular complexity index is 2850. The molecule has 1 unspecified atom stereocenters. The van der Waals surface area contributed by atoms with Gasteiger partial charge in [-0.15, -0.1) is 0 Å². The zero-order valence-corrected chi connectivity index (χ0v) is 54.7. The quantitative estimate of drug-likeness (QED) is 0.118. The molecule has 87 heavy (non-hydrogen) atoms. The second-order valence-corrected chi connectivity index (χ2v) is 29.6. The lowest BCUT2D eigenvalue weighted by Crippen LogP contribution is -2.47. The molecule has 4 aliphatic carbocycles.